The molecule has 0 aromatic heterocycles. The lowest BCUT2D eigenvalue weighted by atomic mass is 9.96. The number of rotatable bonds is 3. The van der Waals surface area contributed by atoms with E-state index in [1.54, 1.807) is 29.2 Å². The number of hydrogen-bond donors (Lipinski definition) is 1. The number of ether oxygens (including phenoxy) is 1. The molecule has 0 bridgehead atoms. The number of halogens is 1. The first-order valence-electron chi connectivity index (χ1n) is 5.96. The van der Waals surface area contributed by atoms with Gasteiger partial charge in [0.15, 0.2) is 6.10 Å². The van der Waals surface area contributed by atoms with Crippen molar-refractivity contribution in [1.82, 2.24) is 4.90 Å². The van der Waals surface area contributed by atoms with Gasteiger partial charge in [0.1, 0.15) is 0 Å². The average molecular weight is 284 g/mol. The summed E-state index contributed by atoms with van der Waals surface area (Å²) in [4.78, 5) is 24.3. The summed E-state index contributed by atoms with van der Waals surface area (Å²) in [5, 5.41) is 9.34. The molecule has 1 saturated heterocycles. The molecule has 1 aromatic rings. The minimum Gasteiger partial charge on any atom is -0.450 e. The van der Waals surface area contributed by atoms with Crippen LogP contribution in [-0.2, 0) is 9.53 Å². The highest BCUT2D eigenvalue weighted by molar-refractivity contribution is 6.30. The van der Waals surface area contributed by atoms with Crippen LogP contribution < -0.4 is 0 Å². The van der Waals surface area contributed by atoms with Gasteiger partial charge in [0.05, 0.1) is 0 Å². The third kappa shape index (κ3) is 2.81. The van der Waals surface area contributed by atoms with Gasteiger partial charge in [-0.15, -0.1) is 0 Å². The number of hydrogen-bond acceptors (Lipinski definition) is 3. The Morgan fingerprint density at radius 3 is 2.63 bits per heavy atom. The van der Waals surface area contributed by atoms with Gasteiger partial charge in [0.25, 0.3) is 5.91 Å². The molecule has 102 valence electrons. The topological polar surface area (TPSA) is 66.8 Å². The van der Waals surface area contributed by atoms with E-state index in [-0.39, 0.29) is 11.8 Å². The van der Waals surface area contributed by atoms with E-state index in [0.29, 0.717) is 18.1 Å². The molecule has 0 aliphatic carbocycles. The highest BCUT2D eigenvalue weighted by Gasteiger charge is 2.43. The highest BCUT2D eigenvalue weighted by Crippen LogP contribution is 2.31. The largest absolute Gasteiger partial charge is 0.506 e. The number of nitrogens with zero attached hydrogens (tertiary/aromatic N) is 1. The molecule has 0 unspecified atom stereocenters. The molecule has 5 nitrogen and oxygen atoms in total. The summed E-state index contributed by atoms with van der Waals surface area (Å²) in [5.41, 5.74) is 0.847. The van der Waals surface area contributed by atoms with E-state index < -0.39 is 12.3 Å². The third-order valence-corrected chi connectivity index (χ3v) is 3.50. The number of carbonyl (C=O) groups excluding carboxylic acids is 1. The SMILES string of the molecule is CCN1C[C@@H](c2ccc(Cl)cc2)[C@H](OC(=O)O)C1=O. The second-order valence-corrected chi connectivity index (χ2v) is 4.78. The van der Waals surface area contributed by atoms with Crippen molar-refractivity contribution in [3.63, 3.8) is 0 Å². The third-order valence-electron chi connectivity index (χ3n) is 3.25. The Morgan fingerprint density at radius 2 is 2.11 bits per heavy atom. The second kappa shape index (κ2) is 5.48. The average Bonchev–Trinajstić information content (AvgIpc) is 2.67. The van der Waals surface area contributed by atoms with E-state index in [1.165, 1.54) is 0 Å². The molecule has 1 fully saturated rings. The molecular weight excluding hydrogens is 270 g/mol. The normalized spacial score (nSPS) is 22.6. The Balaban J connectivity index is 2.28. The standard InChI is InChI=1S/C13H14ClNO4/c1-2-15-7-10(8-3-5-9(14)6-4-8)11(12(15)16)19-13(17)18/h3-6,10-11H,2,7H2,1H3,(H,17,18)/t10-,11-/m0/s1. The van der Waals surface area contributed by atoms with Gasteiger partial charge in [-0.3, -0.25) is 4.79 Å². The lowest BCUT2D eigenvalue weighted by molar-refractivity contribution is -0.135. The maximum Gasteiger partial charge on any atom is 0.506 e. The first kappa shape index (κ1) is 13.7. The molecule has 1 aliphatic rings. The Kier molecular flexibility index (Phi) is 3.95. The Bertz CT molecular complexity index is 488. The van der Waals surface area contributed by atoms with E-state index in [1.807, 2.05) is 6.92 Å². The van der Waals surface area contributed by atoms with Crippen molar-refractivity contribution in [2.24, 2.45) is 0 Å². The summed E-state index contributed by atoms with van der Waals surface area (Å²) in [6.07, 6.45) is -2.41. The lowest BCUT2D eigenvalue weighted by Crippen LogP contribution is -2.32. The van der Waals surface area contributed by atoms with Crippen LogP contribution in [0, 0.1) is 0 Å². The maximum atomic E-state index is 12.0. The fraction of sp³-hybridized carbons (Fsp3) is 0.385. The first-order chi connectivity index (χ1) is 9.02. The summed E-state index contributed by atoms with van der Waals surface area (Å²) < 4.78 is 4.75. The summed E-state index contributed by atoms with van der Waals surface area (Å²) in [5.74, 6) is -0.578. The summed E-state index contributed by atoms with van der Waals surface area (Å²) in [6.45, 7) is 2.83. The molecule has 6 heteroatoms. The van der Waals surface area contributed by atoms with Crippen molar-refractivity contribution in [2.75, 3.05) is 13.1 Å². The van der Waals surface area contributed by atoms with Crippen LogP contribution >= 0.6 is 11.6 Å². The lowest BCUT2D eigenvalue weighted by Gasteiger charge is -2.15. The van der Waals surface area contributed by atoms with Crippen molar-refractivity contribution in [1.29, 1.82) is 0 Å². The van der Waals surface area contributed by atoms with Crippen LogP contribution in [0.1, 0.15) is 18.4 Å². The summed E-state index contributed by atoms with van der Waals surface area (Å²) in [6, 6.07) is 7.01. The fourth-order valence-corrected chi connectivity index (χ4v) is 2.42. The van der Waals surface area contributed by atoms with Gasteiger partial charge in [0.2, 0.25) is 0 Å². The number of amides is 1. The Labute approximate surface area is 115 Å². The number of carboxylic acid groups (broad SMARTS) is 1. The summed E-state index contributed by atoms with van der Waals surface area (Å²) in [7, 11) is 0. The van der Waals surface area contributed by atoms with E-state index in [4.69, 9.17) is 21.4 Å². The van der Waals surface area contributed by atoms with Gasteiger partial charge < -0.3 is 14.7 Å². The second-order valence-electron chi connectivity index (χ2n) is 4.34. The van der Waals surface area contributed by atoms with Gasteiger partial charge >= 0.3 is 6.16 Å². The molecule has 19 heavy (non-hydrogen) atoms. The van der Waals surface area contributed by atoms with Crippen LogP contribution in [0.3, 0.4) is 0 Å². The molecule has 0 saturated carbocycles. The molecule has 1 heterocycles. The Hall–Kier alpha value is -1.75. The minimum atomic E-state index is -1.43. The molecule has 1 aliphatic heterocycles. The highest BCUT2D eigenvalue weighted by atomic mass is 35.5. The minimum absolute atomic E-state index is 0.287. The van der Waals surface area contributed by atoms with Crippen molar-refractivity contribution in [3.05, 3.63) is 34.9 Å². The van der Waals surface area contributed by atoms with Crippen LogP contribution in [0.15, 0.2) is 24.3 Å². The molecule has 0 radical (unpaired) electrons. The van der Waals surface area contributed by atoms with E-state index in [2.05, 4.69) is 0 Å². The van der Waals surface area contributed by atoms with Crippen molar-refractivity contribution < 1.29 is 19.4 Å². The van der Waals surface area contributed by atoms with Crippen molar-refractivity contribution in [2.45, 2.75) is 18.9 Å². The van der Waals surface area contributed by atoms with Crippen LogP contribution in [-0.4, -0.2) is 41.3 Å². The maximum absolute atomic E-state index is 12.0. The van der Waals surface area contributed by atoms with Crippen molar-refractivity contribution in [3.8, 4) is 0 Å². The van der Waals surface area contributed by atoms with Crippen molar-refractivity contribution >= 4 is 23.7 Å². The van der Waals surface area contributed by atoms with Gasteiger partial charge in [-0.2, -0.15) is 0 Å². The number of likely N-dealkylation sites (N-methyl/N-ethyl adjacent to an activating group) is 1. The van der Waals surface area contributed by atoms with Gasteiger partial charge in [0, 0.05) is 24.0 Å². The van der Waals surface area contributed by atoms with Gasteiger partial charge in [-0.1, -0.05) is 23.7 Å². The zero-order valence-corrected chi connectivity index (χ0v) is 11.1. The van der Waals surface area contributed by atoms with Gasteiger partial charge in [-0.05, 0) is 24.6 Å². The molecule has 2 atom stereocenters. The first-order valence-corrected chi connectivity index (χ1v) is 6.34. The van der Waals surface area contributed by atoms with E-state index in [9.17, 15) is 9.59 Å². The van der Waals surface area contributed by atoms with Crippen LogP contribution in [0.4, 0.5) is 4.79 Å². The number of carbonyl (C=O) groups is 2. The molecule has 2 rings (SSSR count). The Morgan fingerprint density at radius 1 is 1.47 bits per heavy atom. The summed E-state index contributed by atoms with van der Waals surface area (Å²) >= 11 is 5.82. The quantitative estimate of drug-likeness (QED) is 0.865. The van der Waals surface area contributed by atoms with E-state index in [0.717, 1.165) is 5.56 Å². The predicted octanol–water partition coefficient (Wildman–Crippen LogP) is 2.35. The smallest absolute Gasteiger partial charge is 0.450 e. The number of benzene rings is 1. The molecule has 1 amide bonds. The van der Waals surface area contributed by atoms with Crippen LogP contribution in [0.25, 0.3) is 0 Å². The molecule has 1 aromatic carbocycles. The molecule has 0 spiro atoms. The zero-order valence-electron chi connectivity index (χ0n) is 10.4. The zero-order chi connectivity index (χ0) is 14.0. The number of likely N-dealkylation sites (tertiary alicyclic amines) is 1. The van der Waals surface area contributed by atoms with Crippen LogP contribution in [0.5, 0.6) is 0 Å². The van der Waals surface area contributed by atoms with E-state index >= 15 is 0 Å². The molecular formula is C13H14ClNO4. The predicted molar refractivity (Wildman–Crippen MR) is 69.3 cm³/mol. The monoisotopic (exact) mass is 283 g/mol. The fourth-order valence-electron chi connectivity index (χ4n) is 2.29. The van der Waals surface area contributed by atoms with Crippen LogP contribution in [0.2, 0.25) is 5.02 Å². The molecule has 1 N–H and O–H groups in total. The van der Waals surface area contributed by atoms with Gasteiger partial charge in [-0.25, -0.2) is 4.79 Å².